The molecule has 0 saturated heterocycles. The summed E-state index contributed by atoms with van der Waals surface area (Å²) in [5, 5.41) is 6.10. The molecule has 1 atom stereocenters. The lowest BCUT2D eigenvalue weighted by Crippen LogP contribution is -2.29. The Morgan fingerprint density at radius 2 is 2.41 bits per heavy atom. The fourth-order valence-corrected chi connectivity index (χ4v) is 1.57. The molecular formula is C9H15N3O4S. The maximum absolute atomic E-state index is 11.4. The molecule has 0 aromatic carbocycles. The average molecular weight is 261 g/mol. The third-order valence-corrected chi connectivity index (χ3v) is 2.88. The van der Waals surface area contributed by atoms with E-state index in [0.717, 1.165) is 0 Å². The lowest BCUT2D eigenvalue weighted by molar-refractivity contribution is -0.120. The predicted octanol–water partition coefficient (Wildman–Crippen LogP) is 0.0185. The van der Waals surface area contributed by atoms with Crippen LogP contribution in [0.2, 0.25) is 0 Å². The second kappa shape index (κ2) is 5.67. The number of aromatic nitrogens is 1. The molecule has 1 aromatic heterocycles. The summed E-state index contributed by atoms with van der Waals surface area (Å²) in [5.74, 6) is 0.573. The average Bonchev–Trinajstić information content (AvgIpc) is 2.63. The summed E-state index contributed by atoms with van der Waals surface area (Å²) < 4.78 is 27.8. The van der Waals surface area contributed by atoms with Crippen LogP contribution in [0.5, 0.6) is 5.88 Å². The molecule has 2 N–H and O–H groups in total. The minimum Gasteiger partial charge on any atom is -0.479 e. The van der Waals surface area contributed by atoms with E-state index in [9.17, 15) is 9.00 Å². The molecule has 17 heavy (non-hydrogen) atoms. The van der Waals surface area contributed by atoms with Crippen molar-refractivity contribution in [3.8, 4) is 5.88 Å². The lowest BCUT2D eigenvalue weighted by atomic mass is 10.3. The molecule has 0 radical (unpaired) electrons. The Bertz CT molecular complexity index is 480. The van der Waals surface area contributed by atoms with Crippen LogP contribution in [-0.2, 0) is 20.9 Å². The molecule has 0 aliphatic carbocycles. The van der Waals surface area contributed by atoms with E-state index < -0.39 is 9.73 Å². The molecule has 8 heteroatoms. The zero-order chi connectivity index (χ0) is 12.9. The zero-order valence-electron chi connectivity index (χ0n) is 9.69. The van der Waals surface area contributed by atoms with E-state index in [0.29, 0.717) is 11.6 Å². The standard InChI is InChI=1S/C9H15N3O4S/c1-15-9-6-7(16-12-9)5-8(13)11-3-4-17(2,10)14/h6,10H,3-5H2,1-2H3,(H,11,13). The molecule has 0 saturated carbocycles. The summed E-state index contributed by atoms with van der Waals surface area (Å²) in [6, 6.07) is 1.52. The first kappa shape index (κ1) is 13.5. The van der Waals surface area contributed by atoms with Gasteiger partial charge < -0.3 is 14.6 Å². The normalized spacial score (nSPS) is 14.0. The number of rotatable bonds is 6. The van der Waals surface area contributed by atoms with Crippen LogP contribution in [0.15, 0.2) is 10.6 Å². The molecule has 1 rings (SSSR count). The van der Waals surface area contributed by atoms with Gasteiger partial charge in [0, 0.05) is 34.3 Å². The van der Waals surface area contributed by atoms with Gasteiger partial charge in [-0.1, -0.05) is 0 Å². The van der Waals surface area contributed by atoms with Crippen molar-refractivity contribution in [3.05, 3.63) is 11.8 Å². The van der Waals surface area contributed by atoms with Gasteiger partial charge in [0.05, 0.1) is 13.5 Å². The summed E-state index contributed by atoms with van der Waals surface area (Å²) in [6.45, 7) is 0.211. The highest BCUT2D eigenvalue weighted by molar-refractivity contribution is 7.91. The predicted molar refractivity (Wildman–Crippen MR) is 61.4 cm³/mol. The minimum atomic E-state index is -2.56. The van der Waals surface area contributed by atoms with Crippen LogP contribution in [0.3, 0.4) is 0 Å². The minimum absolute atomic E-state index is 0.0409. The Labute approximate surface area is 99.5 Å². The Morgan fingerprint density at radius 1 is 1.71 bits per heavy atom. The molecule has 1 heterocycles. The highest BCUT2D eigenvalue weighted by Gasteiger charge is 2.09. The van der Waals surface area contributed by atoms with E-state index in [2.05, 4.69) is 10.5 Å². The topological polar surface area (TPSA) is 105 Å². The fourth-order valence-electron chi connectivity index (χ4n) is 1.08. The SMILES string of the molecule is COc1cc(CC(=O)NCCS(C)(=N)=O)on1. The van der Waals surface area contributed by atoms with Crippen LogP contribution in [0, 0.1) is 4.78 Å². The zero-order valence-corrected chi connectivity index (χ0v) is 10.5. The van der Waals surface area contributed by atoms with E-state index in [1.165, 1.54) is 19.4 Å². The first-order valence-electron chi connectivity index (χ1n) is 4.88. The Morgan fingerprint density at radius 3 is 2.94 bits per heavy atom. The Hall–Kier alpha value is -1.57. The van der Waals surface area contributed by atoms with Crippen molar-refractivity contribution < 1.29 is 18.3 Å². The van der Waals surface area contributed by atoms with Gasteiger partial charge in [0.2, 0.25) is 5.91 Å². The van der Waals surface area contributed by atoms with Crippen molar-refractivity contribution in [1.29, 1.82) is 4.78 Å². The van der Waals surface area contributed by atoms with Crippen molar-refractivity contribution >= 4 is 15.6 Å². The molecule has 0 bridgehead atoms. The summed E-state index contributed by atoms with van der Waals surface area (Å²) in [5.41, 5.74) is 0. The fraction of sp³-hybridized carbons (Fsp3) is 0.556. The first-order chi connectivity index (χ1) is 7.90. The number of nitrogens with zero attached hydrogens (tertiary/aromatic N) is 1. The number of methoxy groups -OCH3 is 1. The highest BCUT2D eigenvalue weighted by Crippen LogP contribution is 2.10. The number of hydrogen-bond acceptors (Lipinski definition) is 6. The van der Waals surface area contributed by atoms with Gasteiger partial charge in [0.15, 0.2) is 0 Å². The first-order valence-corrected chi connectivity index (χ1v) is 7.02. The van der Waals surface area contributed by atoms with Gasteiger partial charge in [-0.3, -0.25) is 13.8 Å². The maximum Gasteiger partial charge on any atom is 0.254 e. The van der Waals surface area contributed by atoms with Crippen molar-refractivity contribution in [2.24, 2.45) is 0 Å². The van der Waals surface area contributed by atoms with Crippen molar-refractivity contribution in [1.82, 2.24) is 10.5 Å². The third kappa shape index (κ3) is 5.34. The van der Waals surface area contributed by atoms with Gasteiger partial charge in [-0.05, 0) is 5.16 Å². The van der Waals surface area contributed by atoms with E-state index in [-0.39, 0.29) is 24.6 Å². The van der Waals surface area contributed by atoms with Gasteiger partial charge in [0.1, 0.15) is 5.76 Å². The summed E-state index contributed by atoms with van der Waals surface area (Å²) >= 11 is 0. The summed E-state index contributed by atoms with van der Waals surface area (Å²) in [7, 11) is -1.11. The van der Waals surface area contributed by atoms with E-state index >= 15 is 0 Å². The van der Waals surface area contributed by atoms with Gasteiger partial charge in [-0.2, -0.15) is 0 Å². The Balaban J connectivity index is 2.34. The van der Waals surface area contributed by atoms with E-state index in [1.807, 2.05) is 0 Å². The van der Waals surface area contributed by atoms with Crippen LogP contribution in [0.1, 0.15) is 5.76 Å². The van der Waals surface area contributed by atoms with Crippen molar-refractivity contribution in [2.75, 3.05) is 25.7 Å². The van der Waals surface area contributed by atoms with Crippen LogP contribution in [0.4, 0.5) is 0 Å². The quantitative estimate of drug-likeness (QED) is 0.751. The van der Waals surface area contributed by atoms with Gasteiger partial charge in [-0.15, -0.1) is 0 Å². The Kier molecular flexibility index (Phi) is 4.50. The lowest BCUT2D eigenvalue weighted by Gasteiger charge is -2.03. The molecule has 1 aromatic rings. The monoisotopic (exact) mass is 261 g/mol. The maximum atomic E-state index is 11.4. The third-order valence-electron chi connectivity index (χ3n) is 1.90. The molecule has 0 spiro atoms. The van der Waals surface area contributed by atoms with Gasteiger partial charge in [-0.25, -0.2) is 0 Å². The molecule has 1 unspecified atom stereocenters. The van der Waals surface area contributed by atoms with Crippen molar-refractivity contribution in [3.63, 3.8) is 0 Å². The van der Waals surface area contributed by atoms with Crippen LogP contribution in [-0.4, -0.2) is 40.9 Å². The molecule has 1 amide bonds. The molecule has 96 valence electrons. The summed E-state index contributed by atoms with van der Waals surface area (Å²) in [4.78, 5) is 11.4. The smallest absolute Gasteiger partial charge is 0.254 e. The number of carbonyl (C=O) groups excluding carboxylic acids is 1. The highest BCUT2D eigenvalue weighted by atomic mass is 32.2. The van der Waals surface area contributed by atoms with Gasteiger partial charge in [0.25, 0.3) is 5.88 Å². The van der Waals surface area contributed by atoms with E-state index in [1.54, 1.807) is 0 Å². The number of ether oxygens (including phenoxy) is 1. The number of hydrogen-bond donors (Lipinski definition) is 2. The van der Waals surface area contributed by atoms with Crippen LogP contribution < -0.4 is 10.1 Å². The van der Waals surface area contributed by atoms with Crippen LogP contribution >= 0.6 is 0 Å². The number of nitrogens with one attached hydrogen (secondary N) is 2. The molecule has 0 aliphatic rings. The molecule has 0 aliphatic heterocycles. The second-order valence-corrected chi connectivity index (χ2v) is 5.99. The van der Waals surface area contributed by atoms with Crippen molar-refractivity contribution in [2.45, 2.75) is 6.42 Å². The molecular weight excluding hydrogens is 246 g/mol. The van der Waals surface area contributed by atoms with Crippen LogP contribution in [0.25, 0.3) is 0 Å². The molecule has 7 nitrogen and oxygen atoms in total. The van der Waals surface area contributed by atoms with Gasteiger partial charge >= 0.3 is 0 Å². The molecule has 0 fully saturated rings. The number of carbonyl (C=O) groups is 1. The summed E-state index contributed by atoms with van der Waals surface area (Å²) in [6.07, 6.45) is 1.37. The number of amides is 1. The second-order valence-electron chi connectivity index (χ2n) is 3.57. The van der Waals surface area contributed by atoms with E-state index in [4.69, 9.17) is 14.0 Å². The largest absolute Gasteiger partial charge is 0.479 e.